The molecule has 2 heterocycles. The van der Waals surface area contributed by atoms with Gasteiger partial charge in [0.25, 0.3) is 0 Å². The van der Waals surface area contributed by atoms with Crippen LogP contribution in [-0.2, 0) is 6.54 Å². The summed E-state index contributed by atoms with van der Waals surface area (Å²) in [5.41, 5.74) is 2.22. The summed E-state index contributed by atoms with van der Waals surface area (Å²) in [5, 5.41) is 3.23. The molecule has 0 aliphatic heterocycles. The number of nitrogens with zero attached hydrogens (tertiary/aromatic N) is 3. The molecule has 0 saturated carbocycles. The molecule has 0 atom stereocenters. The number of pyridine rings is 1. The highest BCUT2D eigenvalue weighted by atomic mass is 15.0. The summed E-state index contributed by atoms with van der Waals surface area (Å²) in [6, 6.07) is 5.84. The Balaban J connectivity index is 2.05. The van der Waals surface area contributed by atoms with E-state index in [1.807, 2.05) is 19.1 Å². The van der Waals surface area contributed by atoms with Crippen molar-refractivity contribution in [3.8, 4) is 0 Å². The number of hydrogen-bond acceptors (Lipinski definition) is 4. The minimum atomic E-state index is 0.684. The van der Waals surface area contributed by atoms with E-state index in [2.05, 4.69) is 33.3 Å². The fourth-order valence-corrected chi connectivity index (χ4v) is 1.43. The second-order valence-corrected chi connectivity index (χ2v) is 3.61. The zero-order valence-electron chi connectivity index (χ0n) is 9.44. The molecule has 16 heavy (non-hydrogen) atoms. The van der Waals surface area contributed by atoms with Gasteiger partial charge in [0, 0.05) is 12.4 Å². The van der Waals surface area contributed by atoms with E-state index < -0.39 is 0 Å². The SMILES string of the molecule is Cc1nccc(NCc2ncccc2C)n1. The van der Waals surface area contributed by atoms with Crippen molar-refractivity contribution in [1.29, 1.82) is 0 Å². The van der Waals surface area contributed by atoms with Crippen LogP contribution >= 0.6 is 0 Å². The monoisotopic (exact) mass is 214 g/mol. The molecule has 0 radical (unpaired) electrons. The summed E-state index contributed by atoms with van der Waals surface area (Å²) in [5.74, 6) is 1.60. The molecule has 2 aromatic heterocycles. The van der Waals surface area contributed by atoms with Crippen LogP contribution in [0.4, 0.5) is 5.82 Å². The van der Waals surface area contributed by atoms with Gasteiger partial charge in [-0.1, -0.05) is 6.07 Å². The summed E-state index contributed by atoms with van der Waals surface area (Å²) in [7, 11) is 0. The smallest absolute Gasteiger partial charge is 0.129 e. The Labute approximate surface area is 94.8 Å². The third-order valence-corrected chi connectivity index (χ3v) is 2.33. The Bertz CT molecular complexity index is 482. The lowest BCUT2D eigenvalue weighted by atomic mass is 10.2. The third-order valence-electron chi connectivity index (χ3n) is 2.33. The highest BCUT2D eigenvalue weighted by Gasteiger charge is 1.99. The number of aromatic nitrogens is 3. The first-order valence-corrected chi connectivity index (χ1v) is 5.20. The Morgan fingerprint density at radius 1 is 1.12 bits per heavy atom. The van der Waals surface area contributed by atoms with Gasteiger partial charge in [-0.05, 0) is 31.5 Å². The number of anilines is 1. The molecule has 0 amide bonds. The van der Waals surface area contributed by atoms with Gasteiger partial charge in [0.15, 0.2) is 0 Å². The fourth-order valence-electron chi connectivity index (χ4n) is 1.43. The Hall–Kier alpha value is -1.97. The van der Waals surface area contributed by atoms with Gasteiger partial charge in [-0.3, -0.25) is 4.98 Å². The second-order valence-electron chi connectivity index (χ2n) is 3.61. The van der Waals surface area contributed by atoms with E-state index >= 15 is 0 Å². The molecule has 82 valence electrons. The van der Waals surface area contributed by atoms with Crippen LogP contribution in [0.1, 0.15) is 17.1 Å². The molecular weight excluding hydrogens is 200 g/mol. The number of nitrogens with one attached hydrogen (secondary N) is 1. The van der Waals surface area contributed by atoms with E-state index in [0.29, 0.717) is 6.54 Å². The van der Waals surface area contributed by atoms with E-state index in [-0.39, 0.29) is 0 Å². The van der Waals surface area contributed by atoms with Crippen LogP contribution in [0.25, 0.3) is 0 Å². The van der Waals surface area contributed by atoms with Crippen molar-refractivity contribution in [3.05, 3.63) is 47.7 Å². The first-order valence-electron chi connectivity index (χ1n) is 5.20. The first-order chi connectivity index (χ1) is 7.75. The van der Waals surface area contributed by atoms with E-state index in [0.717, 1.165) is 17.3 Å². The van der Waals surface area contributed by atoms with Crippen molar-refractivity contribution in [2.45, 2.75) is 20.4 Å². The van der Waals surface area contributed by atoms with Crippen LogP contribution in [0.15, 0.2) is 30.6 Å². The molecule has 0 fully saturated rings. The number of hydrogen-bond donors (Lipinski definition) is 1. The lowest BCUT2D eigenvalue weighted by molar-refractivity contribution is 0.981. The molecule has 4 heteroatoms. The lowest BCUT2D eigenvalue weighted by Crippen LogP contribution is -2.05. The van der Waals surface area contributed by atoms with E-state index in [9.17, 15) is 0 Å². The maximum atomic E-state index is 4.31. The van der Waals surface area contributed by atoms with Crippen molar-refractivity contribution >= 4 is 5.82 Å². The van der Waals surface area contributed by atoms with Gasteiger partial charge in [0.05, 0.1) is 12.2 Å². The fraction of sp³-hybridized carbons (Fsp3) is 0.250. The van der Waals surface area contributed by atoms with Crippen LogP contribution in [0.3, 0.4) is 0 Å². The summed E-state index contributed by atoms with van der Waals surface area (Å²) in [6.07, 6.45) is 3.55. The highest BCUT2D eigenvalue weighted by Crippen LogP contribution is 2.07. The van der Waals surface area contributed by atoms with Crippen LogP contribution in [0, 0.1) is 13.8 Å². The maximum Gasteiger partial charge on any atom is 0.129 e. The average molecular weight is 214 g/mol. The Morgan fingerprint density at radius 3 is 2.75 bits per heavy atom. The van der Waals surface area contributed by atoms with Crippen LogP contribution < -0.4 is 5.32 Å². The molecule has 0 aromatic carbocycles. The number of rotatable bonds is 3. The predicted octanol–water partition coefficient (Wildman–Crippen LogP) is 2.10. The predicted molar refractivity (Wildman–Crippen MR) is 63.1 cm³/mol. The second kappa shape index (κ2) is 4.70. The van der Waals surface area contributed by atoms with Gasteiger partial charge < -0.3 is 5.32 Å². The van der Waals surface area contributed by atoms with Crippen molar-refractivity contribution in [1.82, 2.24) is 15.0 Å². The van der Waals surface area contributed by atoms with Crippen LogP contribution in [-0.4, -0.2) is 15.0 Å². The summed E-state index contributed by atoms with van der Waals surface area (Å²) >= 11 is 0. The summed E-state index contributed by atoms with van der Waals surface area (Å²) in [6.45, 7) is 4.61. The minimum Gasteiger partial charge on any atom is -0.364 e. The first kappa shape index (κ1) is 10.5. The van der Waals surface area contributed by atoms with Crippen LogP contribution in [0.5, 0.6) is 0 Å². The molecule has 0 unspecified atom stereocenters. The van der Waals surface area contributed by atoms with Gasteiger partial charge in [0.2, 0.25) is 0 Å². The molecule has 2 aromatic rings. The topological polar surface area (TPSA) is 50.7 Å². The molecule has 0 spiro atoms. The van der Waals surface area contributed by atoms with Crippen molar-refractivity contribution in [2.24, 2.45) is 0 Å². The van der Waals surface area contributed by atoms with Crippen molar-refractivity contribution in [2.75, 3.05) is 5.32 Å². The summed E-state index contributed by atoms with van der Waals surface area (Å²) in [4.78, 5) is 12.6. The van der Waals surface area contributed by atoms with Gasteiger partial charge >= 0.3 is 0 Å². The molecular formula is C12H14N4. The lowest BCUT2D eigenvalue weighted by Gasteiger charge is -2.07. The zero-order chi connectivity index (χ0) is 11.4. The number of aryl methyl sites for hydroxylation is 2. The van der Waals surface area contributed by atoms with E-state index in [1.165, 1.54) is 5.56 Å². The molecule has 0 aliphatic carbocycles. The third kappa shape index (κ3) is 2.53. The molecule has 1 N–H and O–H groups in total. The average Bonchev–Trinajstić information content (AvgIpc) is 2.28. The van der Waals surface area contributed by atoms with Gasteiger partial charge in [-0.2, -0.15) is 0 Å². The Kier molecular flexibility index (Phi) is 3.10. The minimum absolute atomic E-state index is 0.684. The van der Waals surface area contributed by atoms with E-state index in [4.69, 9.17) is 0 Å². The standard InChI is InChI=1S/C12H14N4/c1-9-4-3-6-14-11(9)8-15-12-5-7-13-10(2)16-12/h3-7H,8H2,1-2H3,(H,13,15,16). The van der Waals surface area contributed by atoms with Crippen molar-refractivity contribution in [3.63, 3.8) is 0 Å². The summed E-state index contributed by atoms with van der Waals surface area (Å²) < 4.78 is 0. The van der Waals surface area contributed by atoms with Gasteiger partial charge in [-0.15, -0.1) is 0 Å². The molecule has 4 nitrogen and oxygen atoms in total. The zero-order valence-corrected chi connectivity index (χ0v) is 9.44. The van der Waals surface area contributed by atoms with Gasteiger partial charge in [-0.25, -0.2) is 9.97 Å². The van der Waals surface area contributed by atoms with Gasteiger partial charge in [0.1, 0.15) is 11.6 Å². The largest absolute Gasteiger partial charge is 0.364 e. The quantitative estimate of drug-likeness (QED) is 0.850. The van der Waals surface area contributed by atoms with Crippen LogP contribution in [0.2, 0.25) is 0 Å². The molecule has 2 rings (SSSR count). The highest BCUT2D eigenvalue weighted by molar-refractivity contribution is 5.34. The normalized spacial score (nSPS) is 10.1. The molecule has 0 aliphatic rings. The maximum absolute atomic E-state index is 4.31. The van der Waals surface area contributed by atoms with E-state index in [1.54, 1.807) is 12.4 Å². The molecule has 0 bridgehead atoms. The Morgan fingerprint density at radius 2 is 2.00 bits per heavy atom. The molecule has 0 saturated heterocycles. The van der Waals surface area contributed by atoms with Crippen molar-refractivity contribution < 1.29 is 0 Å².